The fraction of sp³-hybridized carbons (Fsp3) is 0.333. The van der Waals surface area contributed by atoms with Gasteiger partial charge in [-0.2, -0.15) is 0 Å². The number of hydroxylamine groups is 1. The van der Waals surface area contributed by atoms with Gasteiger partial charge in [0.15, 0.2) is 5.78 Å². The monoisotopic (exact) mass is 486 g/mol. The Morgan fingerprint density at radius 2 is 1.78 bits per heavy atom. The van der Waals surface area contributed by atoms with Crippen LogP contribution in [0.4, 0.5) is 8.78 Å². The van der Waals surface area contributed by atoms with E-state index in [2.05, 4.69) is 0 Å². The van der Waals surface area contributed by atoms with Crippen molar-refractivity contribution in [1.29, 1.82) is 0 Å². The summed E-state index contributed by atoms with van der Waals surface area (Å²) >= 11 is 6.03. The smallest absolute Gasteiger partial charge is 0.266 e. The highest BCUT2D eigenvalue weighted by atomic mass is 35.5. The Hall–Kier alpha value is -2.40. The third-order valence-electron chi connectivity index (χ3n) is 5.40. The molecular formula is C21H21ClF2N2O5S. The first-order valence-corrected chi connectivity index (χ1v) is 11.5. The normalized spacial score (nSPS) is 15.2. The lowest BCUT2D eigenvalue weighted by atomic mass is 9.88. The van der Waals surface area contributed by atoms with Crippen LogP contribution in [0.3, 0.4) is 0 Å². The van der Waals surface area contributed by atoms with E-state index in [-0.39, 0.29) is 47.0 Å². The molecule has 172 valence electrons. The summed E-state index contributed by atoms with van der Waals surface area (Å²) in [6.07, 6.45) is 0.539. The van der Waals surface area contributed by atoms with E-state index in [0.717, 1.165) is 18.2 Å². The minimum Gasteiger partial charge on any atom is -0.339 e. The second-order valence-electron chi connectivity index (χ2n) is 7.30. The average Bonchev–Trinajstić information content (AvgIpc) is 2.79. The number of nitrogens with zero attached hydrogens (tertiary/aromatic N) is 2. The van der Waals surface area contributed by atoms with Gasteiger partial charge >= 0.3 is 0 Å². The second-order valence-corrected chi connectivity index (χ2v) is 9.61. The summed E-state index contributed by atoms with van der Waals surface area (Å²) in [5.74, 6) is -2.97. The molecule has 0 aromatic heterocycles. The molecule has 32 heavy (non-hydrogen) atoms. The SMILES string of the molecule is CON(C)S(=O)(=O)c1cc(C(=O)N2CCC(C(=O)c3cc(F)ccc3F)CC2)ccc1Cl. The molecule has 1 amide bonds. The molecule has 2 aromatic carbocycles. The Bertz CT molecular complexity index is 1150. The highest BCUT2D eigenvalue weighted by molar-refractivity contribution is 7.89. The lowest BCUT2D eigenvalue weighted by molar-refractivity contribution is -0.0258. The molecular weight excluding hydrogens is 466 g/mol. The van der Waals surface area contributed by atoms with Crippen molar-refractivity contribution in [3.63, 3.8) is 0 Å². The maximum absolute atomic E-state index is 13.9. The summed E-state index contributed by atoms with van der Waals surface area (Å²) in [6, 6.07) is 6.63. The topological polar surface area (TPSA) is 84.0 Å². The number of sulfonamides is 1. The van der Waals surface area contributed by atoms with Crippen LogP contribution in [0.2, 0.25) is 5.02 Å². The number of benzene rings is 2. The van der Waals surface area contributed by atoms with Crippen molar-refractivity contribution in [2.24, 2.45) is 5.92 Å². The van der Waals surface area contributed by atoms with Crippen LogP contribution in [-0.4, -0.2) is 56.7 Å². The maximum Gasteiger partial charge on any atom is 0.266 e. The second kappa shape index (κ2) is 9.62. The minimum absolute atomic E-state index is 0.0631. The standard InChI is InChI=1S/C21H21ClF2N2O5S/c1-25(31-2)32(29,30)19-11-14(3-5-17(19)22)21(28)26-9-7-13(8-10-26)20(27)16-12-15(23)4-6-18(16)24/h3-6,11-13H,7-10H2,1-2H3. The number of hydrogen-bond donors (Lipinski definition) is 0. The molecule has 0 spiro atoms. The van der Waals surface area contributed by atoms with Crippen molar-refractivity contribution >= 4 is 33.3 Å². The van der Waals surface area contributed by atoms with Gasteiger partial charge in [-0.15, -0.1) is 0 Å². The molecule has 1 heterocycles. The predicted octanol–water partition coefficient (Wildman–Crippen LogP) is 3.54. The summed E-state index contributed by atoms with van der Waals surface area (Å²) in [4.78, 5) is 31.5. The number of Topliss-reactive ketones (excluding diaryl/α,β-unsaturated/α-hetero) is 1. The summed E-state index contributed by atoms with van der Waals surface area (Å²) < 4.78 is 53.0. The molecule has 0 radical (unpaired) electrons. The van der Waals surface area contributed by atoms with Gasteiger partial charge in [0.1, 0.15) is 16.5 Å². The summed E-state index contributed by atoms with van der Waals surface area (Å²) in [6.45, 7) is 0.406. The molecule has 1 aliphatic heterocycles. The van der Waals surface area contributed by atoms with Gasteiger partial charge in [0.25, 0.3) is 15.9 Å². The van der Waals surface area contributed by atoms with Crippen LogP contribution in [0.5, 0.6) is 0 Å². The highest BCUT2D eigenvalue weighted by Gasteiger charge is 2.31. The van der Waals surface area contributed by atoms with Gasteiger partial charge in [-0.1, -0.05) is 16.1 Å². The molecule has 0 atom stereocenters. The number of hydrogen-bond acceptors (Lipinski definition) is 5. The van der Waals surface area contributed by atoms with Gasteiger partial charge in [0, 0.05) is 31.6 Å². The molecule has 3 rings (SSSR count). The van der Waals surface area contributed by atoms with Gasteiger partial charge in [-0.3, -0.25) is 14.4 Å². The number of amides is 1. The Morgan fingerprint density at radius 3 is 2.41 bits per heavy atom. The van der Waals surface area contributed by atoms with E-state index in [1.54, 1.807) is 0 Å². The molecule has 1 fully saturated rings. The summed E-state index contributed by atoms with van der Waals surface area (Å²) in [7, 11) is -1.69. The van der Waals surface area contributed by atoms with Crippen molar-refractivity contribution in [2.45, 2.75) is 17.7 Å². The minimum atomic E-state index is -4.07. The fourth-order valence-electron chi connectivity index (χ4n) is 3.50. The first-order valence-electron chi connectivity index (χ1n) is 9.67. The third kappa shape index (κ3) is 4.83. The highest BCUT2D eigenvalue weighted by Crippen LogP contribution is 2.28. The number of piperidine rings is 1. The first kappa shape index (κ1) is 24.2. The quantitative estimate of drug-likeness (QED) is 0.460. The van der Waals surface area contributed by atoms with Crippen LogP contribution >= 0.6 is 11.6 Å². The molecule has 0 N–H and O–H groups in total. The molecule has 7 nitrogen and oxygen atoms in total. The summed E-state index contributed by atoms with van der Waals surface area (Å²) in [5.41, 5.74) is -0.192. The zero-order valence-corrected chi connectivity index (χ0v) is 18.9. The molecule has 0 unspecified atom stereocenters. The van der Waals surface area contributed by atoms with Gasteiger partial charge in [0.2, 0.25) is 0 Å². The van der Waals surface area contributed by atoms with Crippen molar-refractivity contribution in [3.8, 4) is 0 Å². The average molecular weight is 487 g/mol. The van der Waals surface area contributed by atoms with Crippen LogP contribution in [0.25, 0.3) is 0 Å². The lowest BCUT2D eigenvalue weighted by Gasteiger charge is -2.31. The zero-order valence-electron chi connectivity index (χ0n) is 17.3. The van der Waals surface area contributed by atoms with Crippen LogP contribution in [0.1, 0.15) is 33.6 Å². The van der Waals surface area contributed by atoms with Crippen molar-refractivity contribution in [1.82, 2.24) is 9.37 Å². The largest absolute Gasteiger partial charge is 0.339 e. The molecule has 2 aromatic rings. The predicted molar refractivity (Wildman–Crippen MR) is 113 cm³/mol. The fourth-order valence-corrected chi connectivity index (χ4v) is 4.98. The summed E-state index contributed by atoms with van der Waals surface area (Å²) in [5, 5.41) is -0.0631. The molecule has 1 aliphatic rings. The molecule has 0 saturated carbocycles. The molecule has 11 heteroatoms. The van der Waals surface area contributed by atoms with Gasteiger partial charge in [-0.25, -0.2) is 17.2 Å². The number of likely N-dealkylation sites (tertiary alicyclic amines) is 1. The number of carbonyl (C=O) groups excluding carboxylic acids is 2. The van der Waals surface area contributed by atoms with E-state index in [1.807, 2.05) is 0 Å². The Morgan fingerprint density at radius 1 is 1.12 bits per heavy atom. The van der Waals surface area contributed by atoms with E-state index in [0.29, 0.717) is 4.47 Å². The first-order chi connectivity index (χ1) is 15.1. The lowest BCUT2D eigenvalue weighted by Crippen LogP contribution is -2.40. The number of ketones is 1. The van der Waals surface area contributed by atoms with Gasteiger partial charge < -0.3 is 4.90 Å². The van der Waals surface area contributed by atoms with E-state index < -0.39 is 39.3 Å². The van der Waals surface area contributed by atoms with Crippen LogP contribution in [0.15, 0.2) is 41.3 Å². The van der Waals surface area contributed by atoms with Crippen LogP contribution < -0.4 is 0 Å². The van der Waals surface area contributed by atoms with Crippen LogP contribution in [0, 0.1) is 17.6 Å². The Balaban J connectivity index is 1.74. The van der Waals surface area contributed by atoms with E-state index in [1.165, 1.54) is 37.3 Å². The molecule has 0 aliphatic carbocycles. The third-order valence-corrected chi connectivity index (χ3v) is 7.56. The Kier molecular flexibility index (Phi) is 7.29. The Labute approximate surface area is 189 Å². The number of halogens is 3. The van der Waals surface area contributed by atoms with E-state index >= 15 is 0 Å². The van der Waals surface area contributed by atoms with Crippen molar-refractivity contribution in [2.75, 3.05) is 27.2 Å². The zero-order chi connectivity index (χ0) is 23.6. The maximum atomic E-state index is 13.9. The molecule has 1 saturated heterocycles. The number of carbonyl (C=O) groups is 2. The van der Waals surface area contributed by atoms with E-state index in [4.69, 9.17) is 16.4 Å². The number of rotatable bonds is 6. The van der Waals surface area contributed by atoms with Crippen LogP contribution in [-0.2, 0) is 14.9 Å². The van der Waals surface area contributed by atoms with Gasteiger partial charge in [-0.05, 0) is 49.2 Å². The van der Waals surface area contributed by atoms with E-state index in [9.17, 15) is 26.8 Å². The molecule has 0 bridgehead atoms. The van der Waals surface area contributed by atoms with Gasteiger partial charge in [0.05, 0.1) is 17.7 Å². The van der Waals surface area contributed by atoms with Crippen molar-refractivity contribution < 1.29 is 31.6 Å². The van der Waals surface area contributed by atoms with Crippen molar-refractivity contribution in [3.05, 3.63) is 64.2 Å².